The lowest BCUT2D eigenvalue weighted by atomic mass is 10.0. The quantitative estimate of drug-likeness (QED) is 0.893. The molecule has 0 bridgehead atoms. The van der Waals surface area contributed by atoms with Crippen LogP contribution in [0.1, 0.15) is 28.9 Å². The number of carbonyl (C=O) groups is 2. The van der Waals surface area contributed by atoms with E-state index in [4.69, 9.17) is 0 Å². The molecule has 0 aliphatic heterocycles. The zero-order valence-corrected chi connectivity index (χ0v) is 10.1. The average Bonchev–Trinajstić information content (AvgIpc) is 2.63. The molecule has 1 aliphatic rings. The predicted molar refractivity (Wildman–Crippen MR) is 69.7 cm³/mol. The molecule has 1 unspecified atom stereocenters. The first-order chi connectivity index (χ1) is 8.68. The first kappa shape index (κ1) is 11.1. The number of nitrogens with one attached hydrogen (secondary N) is 1. The summed E-state index contributed by atoms with van der Waals surface area (Å²) in [6.45, 7) is 1.74. The Balaban J connectivity index is 2.10. The van der Waals surface area contributed by atoms with Gasteiger partial charge in [0.2, 0.25) is 0 Å². The van der Waals surface area contributed by atoms with Crippen LogP contribution in [-0.2, 0) is 4.79 Å². The Morgan fingerprint density at radius 2 is 1.94 bits per heavy atom. The third kappa shape index (κ3) is 1.56. The fourth-order valence-electron chi connectivity index (χ4n) is 2.56. The highest BCUT2D eigenvalue weighted by atomic mass is 16.1. The van der Waals surface area contributed by atoms with E-state index in [-0.39, 0.29) is 24.2 Å². The lowest BCUT2D eigenvalue weighted by Crippen LogP contribution is -2.29. The smallest absolute Gasteiger partial charge is 0.184 e. The van der Waals surface area contributed by atoms with Gasteiger partial charge >= 0.3 is 0 Å². The maximum absolute atomic E-state index is 12.3. The first-order valence-corrected chi connectivity index (χ1v) is 5.97. The zero-order valence-electron chi connectivity index (χ0n) is 10.1. The summed E-state index contributed by atoms with van der Waals surface area (Å²) in [7, 11) is 0. The molecular weight excluding hydrogens is 226 g/mol. The molecule has 18 heavy (non-hydrogen) atoms. The van der Waals surface area contributed by atoms with Crippen molar-refractivity contribution in [1.82, 2.24) is 5.32 Å². The Hall–Kier alpha value is -2.00. The topological polar surface area (TPSA) is 46.2 Å². The highest BCUT2D eigenvalue weighted by Crippen LogP contribution is 2.36. The van der Waals surface area contributed by atoms with E-state index in [0.29, 0.717) is 0 Å². The highest BCUT2D eigenvalue weighted by molar-refractivity contribution is 6.17. The van der Waals surface area contributed by atoms with Gasteiger partial charge in [-0.2, -0.15) is 0 Å². The third-order valence-corrected chi connectivity index (χ3v) is 3.33. The molecule has 2 aromatic rings. The number of rotatable bonds is 3. The summed E-state index contributed by atoms with van der Waals surface area (Å²) in [5.74, 6) is 0.0916. The molecule has 0 amide bonds. The average molecular weight is 239 g/mol. The zero-order chi connectivity index (χ0) is 12.7. The predicted octanol–water partition coefficient (Wildman–Crippen LogP) is 2.26. The Kier molecular flexibility index (Phi) is 2.49. The van der Waals surface area contributed by atoms with Crippen molar-refractivity contribution in [3.63, 3.8) is 0 Å². The molecule has 0 spiro atoms. The largest absolute Gasteiger partial charge is 0.299 e. The van der Waals surface area contributed by atoms with Gasteiger partial charge in [0.15, 0.2) is 5.78 Å². The monoisotopic (exact) mass is 239 g/mol. The second-order valence-corrected chi connectivity index (χ2v) is 4.63. The molecule has 2 aromatic carbocycles. The van der Waals surface area contributed by atoms with Crippen LogP contribution in [0.4, 0.5) is 0 Å². The Labute approximate surface area is 105 Å². The van der Waals surface area contributed by atoms with Gasteiger partial charge in [-0.25, -0.2) is 0 Å². The number of hydrogen-bond donors (Lipinski definition) is 1. The summed E-state index contributed by atoms with van der Waals surface area (Å²) in [4.78, 5) is 23.4. The minimum absolute atomic E-state index is 0.0333. The van der Waals surface area contributed by atoms with E-state index >= 15 is 0 Å². The van der Waals surface area contributed by atoms with Crippen molar-refractivity contribution >= 4 is 22.3 Å². The lowest BCUT2D eigenvalue weighted by molar-refractivity contribution is -0.116. The van der Waals surface area contributed by atoms with E-state index in [9.17, 15) is 9.59 Å². The van der Waals surface area contributed by atoms with Crippen LogP contribution in [0.5, 0.6) is 0 Å². The van der Waals surface area contributed by atoms with Crippen LogP contribution >= 0.6 is 0 Å². The van der Waals surface area contributed by atoms with Crippen molar-refractivity contribution < 1.29 is 9.59 Å². The van der Waals surface area contributed by atoms with Crippen molar-refractivity contribution in [3.05, 3.63) is 47.5 Å². The van der Waals surface area contributed by atoms with Gasteiger partial charge in [-0.1, -0.05) is 36.4 Å². The number of carbonyl (C=O) groups excluding carboxylic acids is 2. The van der Waals surface area contributed by atoms with Crippen molar-refractivity contribution in [1.29, 1.82) is 0 Å². The Morgan fingerprint density at radius 3 is 2.67 bits per heavy atom. The normalized spacial score (nSPS) is 17.4. The summed E-state index contributed by atoms with van der Waals surface area (Å²) >= 11 is 0. The number of hydrogen-bond acceptors (Lipinski definition) is 3. The third-order valence-electron chi connectivity index (χ3n) is 3.33. The summed E-state index contributed by atoms with van der Waals surface area (Å²) in [6.07, 6.45) is 0. The van der Waals surface area contributed by atoms with Gasteiger partial charge in [0.1, 0.15) is 5.78 Å². The summed E-state index contributed by atoms with van der Waals surface area (Å²) in [5.41, 5.74) is 1.73. The Morgan fingerprint density at radius 1 is 1.22 bits per heavy atom. The SMILES string of the molecule is CC(=O)CNC1C(=O)c2cccc3cccc1c23. The van der Waals surface area contributed by atoms with Gasteiger partial charge in [-0.05, 0) is 23.3 Å². The second kappa shape index (κ2) is 4.03. The van der Waals surface area contributed by atoms with Gasteiger partial charge < -0.3 is 0 Å². The van der Waals surface area contributed by atoms with Crippen molar-refractivity contribution in [2.24, 2.45) is 0 Å². The van der Waals surface area contributed by atoms with Crippen LogP contribution in [-0.4, -0.2) is 18.1 Å². The van der Waals surface area contributed by atoms with E-state index in [1.165, 1.54) is 6.92 Å². The molecule has 3 nitrogen and oxygen atoms in total. The molecule has 0 aromatic heterocycles. The summed E-state index contributed by atoms with van der Waals surface area (Å²) in [6, 6.07) is 11.3. The summed E-state index contributed by atoms with van der Waals surface area (Å²) < 4.78 is 0. The van der Waals surface area contributed by atoms with Gasteiger partial charge in [0.25, 0.3) is 0 Å². The van der Waals surface area contributed by atoms with Crippen molar-refractivity contribution in [2.45, 2.75) is 13.0 Å². The lowest BCUT2D eigenvalue weighted by Gasteiger charge is -2.11. The minimum Gasteiger partial charge on any atom is -0.299 e. The molecule has 0 fully saturated rings. The Bertz CT molecular complexity index is 655. The first-order valence-electron chi connectivity index (χ1n) is 5.97. The van der Waals surface area contributed by atoms with E-state index in [0.717, 1.165) is 21.9 Å². The molecule has 0 saturated heterocycles. The maximum atomic E-state index is 12.3. The van der Waals surface area contributed by atoms with Crippen LogP contribution < -0.4 is 5.32 Å². The molecule has 1 N–H and O–H groups in total. The molecule has 0 heterocycles. The van der Waals surface area contributed by atoms with Crippen LogP contribution in [0.15, 0.2) is 36.4 Å². The molecule has 3 heteroatoms. The highest BCUT2D eigenvalue weighted by Gasteiger charge is 2.31. The second-order valence-electron chi connectivity index (χ2n) is 4.63. The van der Waals surface area contributed by atoms with Gasteiger partial charge in [0.05, 0.1) is 12.6 Å². The molecule has 1 aliphatic carbocycles. The number of benzene rings is 2. The fourth-order valence-corrected chi connectivity index (χ4v) is 2.56. The van der Waals surface area contributed by atoms with E-state index < -0.39 is 0 Å². The molecule has 0 radical (unpaired) electrons. The molecule has 1 atom stereocenters. The van der Waals surface area contributed by atoms with E-state index in [2.05, 4.69) is 5.32 Å². The standard InChI is InChI=1S/C15H13NO2/c1-9(17)8-16-14-11-6-2-4-10-5-3-7-12(13(10)11)15(14)18/h2-7,14,16H,8H2,1H3. The molecular formula is C15H13NO2. The fraction of sp³-hybridized carbons (Fsp3) is 0.200. The van der Waals surface area contributed by atoms with Crippen LogP contribution in [0, 0.1) is 0 Å². The molecule has 90 valence electrons. The van der Waals surface area contributed by atoms with Crippen LogP contribution in [0.3, 0.4) is 0 Å². The van der Waals surface area contributed by atoms with Gasteiger partial charge in [0, 0.05) is 5.56 Å². The van der Waals surface area contributed by atoms with E-state index in [1.54, 1.807) is 0 Å². The summed E-state index contributed by atoms with van der Waals surface area (Å²) in [5, 5.41) is 5.13. The van der Waals surface area contributed by atoms with E-state index in [1.807, 2.05) is 36.4 Å². The van der Waals surface area contributed by atoms with Crippen LogP contribution in [0.25, 0.3) is 10.8 Å². The molecule has 0 saturated carbocycles. The minimum atomic E-state index is -0.380. The van der Waals surface area contributed by atoms with Crippen LogP contribution in [0.2, 0.25) is 0 Å². The maximum Gasteiger partial charge on any atom is 0.184 e. The number of Topliss-reactive ketones (excluding diaryl/α,β-unsaturated/α-hetero) is 2. The van der Waals surface area contributed by atoms with Gasteiger partial charge in [-0.3, -0.25) is 14.9 Å². The van der Waals surface area contributed by atoms with Crippen molar-refractivity contribution in [2.75, 3.05) is 6.54 Å². The number of ketones is 2. The molecule has 3 rings (SSSR count). The van der Waals surface area contributed by atoms with Gasteiger partial charge in [-0.15, -0.1) is 0 Å². The van der Waals surface area contributed by atoms with Crippen molar-refractivity contribution in [3.8, 4) is 0 Å².